The van der Waals surface area contributed by atoms with Gasteiger partial charge in [-0.3, -0.25) is 0 Å². The molecule has 0 saturated carbocycles. The molecular formula is C11H12F3N. The quantitative estimate of drug-likeness (QED) is 0.759. The topological polar surface area (TPSA) is 12.0 Å². The Morgan fingerprint density at radius 1 is 1.07 bits per heavy atom. The first kappa shape index (κ1) is 10.5. The zero-order valence-corrected chi connectivity index (χ0v) is 8.19. The third kappa shape index (κ3) is 2.15. The number of nitrogens with one attached hydrogen (secondary N) is 1. The number of rotatable bonds is 1. The van der Waals surface area contributed by atoms with Gasteiger partial charge in [0.15, 0.2) is 0 Å². The molecule has 1 aromatic carbocycles. The van der Waals surface area contributed by atoms with Crippen LogP contribution in [-0.2, 0) is 0 Å². The van der Waals surface area contributed by atoms with Crippen LogP contribution in [0.5, 0.6) is 0 Å². The summed E-state index contributed by atoms with van der Waals surface area (Å²) in [6.07, 6.45) is 2.65. The Morgan fingerprint density at radius 2 is 1.73 bits per heavy atom. The molecule has 82 valence electrons. The molecule has 0 bridgehead atoms. The van der Waals surface area contributed by atoms with E-state index in [4.69, 9.17) is 0 Å². The average Bonchev–Trinajstić information content (AvgIpc) is 2.17. The predicted octanol–water partition coefficient (Wildman–Crippen LogP) is 2.92. The minimum absolute atomic E-state index is 0.0314. The maximum absolute atomic E-state index is 13.4. The molecule has 1 nitrogen and oxygen atoms in total. The van der Waals surface area contributed by atoms with E-state index in [2.05, 4.69) is 5.32 Å². The molecule has 0 radical (unpaired) electrons. The zero-order valence-electron chi connectivity index (χ0n) is 8.19. The van der Waals surface area contributed by atoms with Crippen molar-refractivity contribution in [2.24, 2.45) is 0 Å². The van der Waals surface area contributed by atoms with Crippen LogP contribution in [0.25, 0.3) is 0 Å². The Hall–Kier alpha value is -1.03. The molecule has 4 heteroatoms. The maximum atomic E-state index is 13.4. The van der Waals surface area contributed by atoms with Crippen molar-refractivity contribution in [2.75, 3.05) is 6.54 Å². The number of hydrogen-bond acceptors (Lipinski definition) is 1. The van der Waals surface area contributed by atoms with Gasteiger partial charge in [0.05, 0.1) is 0 Å². The van der Waals surface area contributed by atoms with Crippen molar-refractivity contribution in [1.82, 2.24) is 5.32 Å². The van der Waals surface area contributed by atoms with Gasteiger partial charge in [-0.15, -0.1) is 0 Å². The molecule has 0 aromatic heterocycles. The van der Waals surface area contributed by atoms with E-state index in [1.54, 1.807) is 0 Å². The van der Waals surface area contributed by atoms with E-state index >= 15 is 0 Å². The van der Waals surface area contributed by atoms with Gasteiger partial charge in [-0.25, -0.2) is 13.2 Å². The highest BCUT2D eigenvalue weighted by atomic mass is 19.1. The largest absolute Gasteiger partial charge is 0.310 e. The minimum atomic E-state index is -0.871. The summed E-state index contributed by atoms with van der Waals surface area (Å²) in [5, 5.41) is 3.03. The number of hydrogen-bond donors (Lipinski definition) is 1. The molecule has 2 rings (SSSR count). The molecule has 1 N–H and O–H groups in total. The van der Waals surface area contributed by atoms with E-state index in [1.807, 2.05) is 0 Å². The van der Waals surface area contributed by atoms with Gasteiger partial charge in [-0.05, 0) is 19.4 Å². The number of benzene rings is 1. The zero-order chi connectivity index (χ0) is 10.8. The van der Waals surface area contributed by atoms with Crippen LogP contribution in [0.15, 0.2) is 12.1 Å². The van der Waals surface area contributed by atoms with Crippen LogP contribution >= 0.6 is 0 Å². The van der Waals surface area contributed by atoms with Crippen LogP contribution < -0.4 is 5.32 Å². The summed E-state index contributed by atoms with van der Waals surface area (Å²) in [5.74, 6) is -2.47. The van der Waals surface area contributed by atoms with Gasteiger partial charge in [0.2, 0.25) is 0 Å². The van der Waals surface area contributed by atoms with Crippen LogP contribution in [0.3, 0.4) is 0 Å². The lowest BCUT2D eigenvalue weighted by molar-refractivity contribution is 0.382. The SMILES string of the molecule is Fc1cc(F)c(C2CCCCN2)c(F)c1. The fourth-order valence-corrected chi connectivity index (χ4v) is 1.98. The number of piperidine rings is 1. The lowest BCUT2D eigenvalue weighted by Gasteiger charge is -2.24. The summed E-state index contributed by atoms with van der Waals surface area (Å²) in [4.78, 5) is 0. The molecule has 1 aliphatic rings. The molecule has 1 saturated heterocycles. The van der Waals surface area contributed by atoms with Crippen LogP contribution in [0.4, 0.5) is 13.2 Å². The standard InChI is InChI=1S/C11H12F3N/c12-7-5-8(13)11(9(14)6-7)10-3-1-2-4-15-10/h5-6,10,15H,1-4H2. The summed E-state index contributed by atoms with van der Waals surface area (Å²) >= 11 is 0. The van der Waals surface area contributed by atoms with E-state index in [0.29, 0.717) is 6.42 Å². The molecule has 1 aromatic rings. The van der Waals surface area contributed by atoms with Gasteiger partial charge in [0, 0.05) is 23.7 Å². The Balaban J connectivity index is 2.33. The normalized spacial score (nSPS) is 21.7. The monoisotopic (exact) mass is 215 g/mol. The van der Waals surface area contributed by atoms with Crippen molar-refractivity contribution in [2.45, 2.75) is 25.3 Å². The van der Waals surface area contributed by atoms with Gasteiger partial charge in [-0.2, -0.15) is 0 Å². The van der Waals surface area contributed by atoms with E-state index in [9.17, 15) is 13.2 Å². The average molecular weight is 215 g/mol. The molecule has 1 unspecified atom stereocenters. The third-order valence-corrected chi connectivity index (χ3v) is 2.70. The van der Waals surface area contributed by atoms with E-state index in [0.717, 1.165) is 31.5 Å². The molecule has 1 heterocycles. The fraction of sp³-hybridized carbons (Fsp3) is 0.455. The molecule has 1 fully saturated rings. The van der Waals surface area contributed by atoms with Crippen LogP contribution in [0, 0.1) is 17.5 Å². The van der Waals surface area contributed by atoms with E-state index in [-0.39, 0.29) is 11.6 Å². The van der Waals surface area contributed by atoms with Gasteiger partial charge >= 0.3 is 0 Å². The minimum Gasteiger partial charge on any atom is -0.310 e. The van der Waals surface area contributed by atoms with Crippen LogP contribution in [-0.4, -0.2) is 6.54 Å². The number of halogens is 3. The smallest absolute Gasteiger partial charge is 0.133 e. The van der Waals surface area contributed by atoms with E-state index < -0.39 is 17.5 Å². The second-order valence-corrected chi connectivity index (χ2v) is 3.79. The fourth-order valence-electron chi connectivity index (χ4n) is 1.98. The first-order chi connectivity index (χ1) is 7.18. The second kappa shape index (κ2) is 4.23. The molecule has 1 aliphatic heterocycles. The van der Waals surface area contributed by atoms with Gasteiger partial charge < -0.3 is 5.32 Å². The van der Waals surface area contributed by atoms with Gasteiger partial charge in [-0.1, -0.05) is 6.42 Å². The Morgan fingerprint density at radius 3 is 2.27 bits per heavy atom. The highest BCUT2D eigenvalue weighted by Crippen LogP contribution is 2.27. The summed E-state index contributed by atoms with van der Waals surface area (Å²) in [6.45, 7) is 0.751. The van der Waals surface area contributed by atoms with Gasteiger partial charge in [0.25, 0.3) is 0 Å². The van der Waals surface area contributed by atoms with Gasteiger partial charge in [0.1, 0.15) is 17.5 Å². The predicted molar refractivity (Wildman–Crippen MR) is 50.9 cm³/mol. The van der Waals surface area contributed by atoms with Crippen molar-refractivity contribution in [3.63, 3.8) is 0 Å². The first-order valence-corrected chi connectivity index (χ1v) is 5.06. The molecule has 0 aliphatic carbocycles. The molecule has 1 atom stereocenters. The van der Waals surface area contributed by atoms with Crippen molar-refractivity contribution < 1.29 is 13.2 Å². The van der Waals surface area contributed by atoms with Crippen molar-refractivity contribution in [3.8, 4) is 0 Å². The van der Waals surface area contributed by atoms with Crippen molar-refractivity contribution >= 4 is 0 Å². The maximum Gasteiger partial charge on any atom is 0.133 e. The summed E-state index contributed by atoms with van der Waals surface area (Å²) in [6, 6.07) is 1.14. The lowest BCUT2D eigenvalue weighted by Crippen LogP contribution is -2.28. The molecule has 0 spiro atoms. The Labute approximate surface area is 86.3 Å². The third-order valence-electron chi connectivity index (χ3n) is 2.70. The summed E-state index contributed by atoms with van der Waals surface area (Å²) in [5.41, 5.74) is -0.0314. The second-order valence-electron chi connectivity index (χ2n) is 3.79. The molecule has 0 amide bonds. The first-order valence-electron chi connectivity index (χ1n) is 5.06. The Bertz CT molecular complexity index is 336. The Kier molecular flexibility index (Phi) is 2.95. The molecule has 15 heavy (non-hydrogen) atoms. The summed E-state index contributed by atoms with van der Waals surface area (Å²) < 4.78 is 39.4. The molecular weight excluding hydrogens is 203 g/mol. The van der Waals surface area contributed by atoms with E-state index in [1.165, 1.54) is 0 Å². The summed E-state index contributed by atoms with van der Waals surface area (Å²) in [7, 11) is 0. The van der Waals surface area contributed by atoms with Crippen LogP contribution in [0.1, 0.15) is 30.9 Å². The highest BCUT2D eigenvalue weighted by Gasteiger charge is 2.22. The van der Waals surface area contributed by atoms with Crippen LogP contribution in [0.2, 0.25) is 0 Å². The van der Waals surface area contributed by atoms with Crippen molar-refractivity contribution in [3.05, 3.63) is 35.1 Å². The van der Waals surface area contributed by atoms with Crippen molar-refractivity contribution in [1.29, 1.82) is 0 Å². The highest BCUT2D eigenvalue weighted by molar-refractivity contribution is 5.24. The lowest BCUT2D eigenvalue weighted by atomic mass is 9.96.